The molecule has 0 radical (unpaired) electrons. The van der Waals surface area contributed by atoms with Crippen molar-refractivity contribution in [2.75, 3.05) is 26.4 Å². The van der Waals surface area contributed by atoms with Crippen LogP contribution < -0.4 is 5.73 Å². The minimum absolute atomic E-state index is 0.000816. The van der Waals surface area contributed by atoms with Crippen LogP contribution in [0.5, 0.6) is 0 Å². The lowest BCUT2D eigenvalue weighted by Gasteiger charge is -2.30. The summed E-state index contributed by atoms with van der Waals surface area (Å²) < 4.78 is 5.17. The topological polar surface area (TPSA) is 75.8 Å². The molecule has 0 aromatic carbocycles. The van der Waals surface area contributed by atoms with Crippen molar-refractivity contribution in [2.45, 2.75) is 30.8 Å². The van der Waals surface area contributed by atoms with E-state index in [0.717, 1.165) is 12.8 Å². The van der Waals surface area contributed by atoms with E-state index in [-0.39, 0.29) is 12.5 Å². The van der Waals surface area contributed by atoms with E-state index in [9.17, 15) is 4.79 Å². The fourth-order valence-electron chi connectivity index (χ4n) is 1.98. The Kier molecular flexibility index (Phi) is 2.95. The van der Waals surface area contributed by atoms with Gasteiger partial charge in [0.15, 0.2) is 0 Å². The molecule has 0 aromatic rings. The average Bonchev–Trinajstić information content (AvgIpc) is 2.97. The van der Waals surface area contributed by atoms with Crippen LogP contribution in [0.4, 0.5) is 0 Å². The van der Waals surface area contributed by atoms with Gasteiger partial charge in [-0.25, -0.2) is 0 Å². The highest BCUT2D eigenvalue weighted by Gasteiger charge is 2.44. The van der Waals surface area contributed by atoms with Crippen molar-refractivity contribution < 1.29 is 14.6 Å². The van der Waals surface area contributed by atoms with E-state index in [1.807, 2.05) is 0 Å². The Bertz CT molecular complexity index is 247. The molecule has 15 heavy (non-hydrogen) atoms. The Balaban J connectivity index is 2.02. The highest BCUT2D eigenvalue weighted by Crippen LogP contribution is 2.30. The molecule has 1 aliphatic heterocycles. The molecule has 1 unspecified atom stereocenters. The number of rotatable bonds is 4. The summed E-state index contributed by atoms with van der Waals surface area (Å²) in [5.74, 6) is -0.0587. The van der Waals surface area contributed by atoms with Gasteiger partial charge in [-0.2, -0.15) is 0 Å². The maximum absolute atomic E-state index is 12.1. The summed E-state index contributed by atoms with van der Waals surface area (Å²) in [6.07, 6.45) is 2.64. The molecule has 0 bridgehead atoms. The Morgan fingerprint density at radius 2 is 2.33 bits per heavy atom. The first-order chi connectivity index (χ1) is 7.17. The van der Waals surface area contributed by atoms with Gasteiger partial charge in [0.05, 0.1) is 13.2 Å². The number of hydrogen-bond acceptors (Lipinski definition) is 4. The zero-order chi connectivity index (χ0) is 10.9. The zero-order valence-corrected chi connectivity index (χ0v) is 8.82. The number of aliphatic hydroxyl groups is 1. The van der Waals surface area contributed by atoms with E-state index < -0.39 is 5.54 Å². The number of carbonyl (C=O) groups is 1. The quantitative estimate of drug-likeness (QED) is 0.635. The van der Waals surface area contributed by atoms with Crippen molar-refractivity contribution >= 4 is 5.91 Å². The van der Waals surface area contributed by atoms with Gasteiger partial charge < -0.3 is 20.5 Å². The third-order valence-corrected chi connectivity index (χ3v) is 3.07. The van der Waals surface area contributed by atoms with Crippen LogP contribution in [0, 0.1) is 0 Å². The summed E-state index contributed by atoms with van der Waals surface area (Å²) in [6, 6.07) is 0.297. The van der Waals surface area contributed by atoms with Crippen molar-refractivity contribution in [3.8, 4) is 0 Å². The molecule has 1 heterocycles. The number of nitrogens with two attached hydrogens (primary N) is 1. The first kappa shape index (κ1) is 10.9. The van der Waals surface area contributed by atoms with Gasteiger partial charge >= 0.3 is 0 Å². The number of aliphatic hydroxyl groups excluding tert-OH is 1. The molecule has 2 fully saturated rings. The van der Waals surface area contributed by atoms with Crippen molar-refractivity contribution in [2.24, 2.45) is 5.73 Å². The normalized spacial score (nSPS) is 30.5. The summed E-state index contributed by atoms with van der Waals surface area (Å²) in [6.45, 7) is 1.25. The molecule has 5 nitrogen and oxygen atoms in total. The summed E-state index contributed by atoms with van der Waals surface area (Å²) >= 11 is 0. The van der Waals surface area contributed by atoms with Gasteiger partial charge in [-0.15, -0.1) is 0 Å². The van der Waals surface area contributed by atoms with E-state index in [0.29, 0.717) is 32.2 Å². The van der Waals surface area contributed by atoms with E-state index in [2.05, 4.69) is 0 Å². The lowest BCUT2D eigenvalue weighted by Crippen LogP contribution is -2.57. The molecule has 0 spiro atoms. The van der Waals surface area contributed by atoms with Gasteiger partial charge in [-0.3, -0.25) is 4.79 Å². The van der Waals surface area contributed by atoms with Crippen molar-refractivity contribution in [1.29, 1.82) is 0 Å². The monoisotopic (exact) mass is 214 g/mol. The Hall–Kier alpha value is -0.650. The fourth-order valence-corrected chi connectivity index (χ4v) is 1.98. The van der Waals surface area contributed by atoms with Crippen LogP contribution in [0.25, 0.3) is 0 Å². The first-order valence-electron chi connectivity index (χ1n) is 5.46. The van der Waals surface area contributed by atoms with Gasteiger partial charge in [0.25, 0.3) is 0 Å². The van der Waals surface area contributed by atoms with Gasteiger partial charge in [-0.05, 0) is 19.3 Å². The fraction of sp³-hybridized carbons (Fsp3) is 0.900. The van der Waals surface area contributed by atoms with Crippen LogP contribution >= 0.6 is 0 Å². The molecule has 0 aromatic heterocycles. The Labute approximate surface area is 89.2 Å². The van der Waals surface area contributed by atoms with E-state index in [1.165, 1.54) is 0 Å². The van der Waals surface area contributed by atoms with E-state index in [4.69, 9.17) is 15.6 Å². The Morgan fingerprint density at radius 1 is 1.60 bits per heavy atom. The third-order valence-electron chi connectivity index (χ3n) is 3.07. The van der Waals surface area contributed by atoms with Gasteiger partial charge in [0.1, 0.15) is 5.54 Å². The van der Waals surface area contributed by atoms with Gasteiger partial charge in [-0.1, -0.05) is 0 Å². The molecule has 1 amide bonds. The van der Waals surface area contributed by atoms with Crippen molar-refractivity contribution in [1.82, 2.24) is 4.90 Å². The minimum atomic E-state index is -0.849. The molecule has 2 aliphatic rings. The number of ether oxygens (including phenoxy) is 1. The zero-order valence-electron chi connectivity index (χ0n) is 8.82. The van der Waals surface area contributed by atoms with Crippen molar-refractivity contribution in [3.05, 3.63) is 0 Å². The van der Waals surface area contributed by atoms with E-state index >= 15 is 0 Å². The molecule has 1 atom stereocenters. The second-order valence-electron chi connectivity index (χ2n) is 4.41. The van der Waals surface area contributed by atoms with Crippen LogP contribution in [0.3, 0.4) is 0 Å². The maximum Gasteiger partial charge on any atom is 0.245 e. The molecular weight excluding hydrogens is 196 g/mol. The molecule has 2 rings (SSSR count). The summed E-state index contributed by atoms with van der Waals surface area (Å²) in [5.41, 5.74) is 5.15. The van der Waals surface area contributed by atoms with Crippen LogP contribution in [0.2, 0.25) is 0 Å². The Morgan fingerprint density at radius 3 is 2.80 bits per heavy atom. The van der Waals surface area contributed by atoms with Crippen LogP contribution in [-0.2, 0) is 9.53 Å². The number of nitrogens with zero attached hydrogens (tertiary/aromatic N) is 1. The van der Waals surface area contributed by atoms with E-state index in [1.54, 1.807) is 4.90 Å². The molecule has 1 saturated heterocycles. The third kappa shape index (κ3) is 2.14. The predicted molar refractivity (Wildman–Crippen MR) is 54.2 cm³/mol. The van der Waals surface area contributed by atoms with Crippen LogP contribution in [-0.4, -0.2) is 53.9 Å². The number of carbonyl (C=O) groups excluding carboxylic acids is 1. The second kappa shape index (κ2) is 4.08. The van der Waals surface area contributed by atoms with Crippen LogP contribution in [0.15, 0.2) is 0 Å². The number of amides is 1. The average molecular weight is 214 g/mol. The van der Waals surface area contributed by atoms with Gasteiger partial charge in [0.2, 0.25) is 5.91 Å². The largest absolute Gasteiger partial charge is 0.395 e. The SMILES string of the molecule is NC1(C(=O)N(CCO)C2CC2)CCOC1. The summed E-state index contributed by atoms with van der Waals surface area (Å²) in [5, 5.41) is 8.92. The standard InChI is InChI=1S/C10H18N2O3/c11-10(3-6-15-7-10)9(14)12(4-5-13)8-1-2-8/h8,13H,1-7,11H2. The molecular formula is C10H18N2O3. The summed E-state index contributed by atoms with van der Waals surface area (Å²) in [7, 11) is 0. The lowest BCUT2D eigenvalue weighted by molar-refractivity contribution is -0.138. The number of hydrogen-bond donors (Lipinski definition) is 2. The first-order valence-corrected chi connectivity index (χ1v) is 5.46. The highest BCUT2D eigenvalue weighted by atomic mass is 16.5. The molecule has 86 valence electrons. The molecule has 1 aliphatic carbocycles. The maximum atomic E-state index is 12.1. The minimum Gasteiger partial charge on any atom is -0.395 e. The lowest BCUT2D eigenvalue weighted by atomic mass is 9.98. The molecule has 3 N–H and O–H groups in total. The summed E-state index contributed by atoms with van der Waals surface area (Å²) in [4.78, 5) is 13.9. The van der Waals surface area contributed by atoms with Crippen LogP contribution in [0.1, 0.15) is 19.3 Å². The molecule has 1 saturated carbocycles. The van der Waals surface area contributed by atoms with Crippen molar-refractivity contribution in [3.63, 3.8) is 0 Å². The predicted octanol–water partition coefficient (Wildman–Crippen LogP) is -0.912. The smallest absolute Gasteiger partial charge is 0.245 e. The highest BCUT2D eigenvalue weighted by molar-refractivity contribution is 5.87. The second-order valence-corrected chi connectivity index (χ2v) is 4.41. The van der Waals surface area contributed by atoms with Gasteiger partial charge in [0, 0.05) is 19.2 Å². The molecule has 5 heteroatoms.